The summed E-state index contributed by atoms with van der Waals surface area (Å²) in [5.41, 5.74) is 16.4. The molecule has 4 heteroatoms. The normalized spacial score (nSPS) is 23.0. The Hall–Kier alpha value is -2.43. The van der Waals surface area contributed by atoms with E-state index in [2.05, 4.69) is 12.1 Å². The average molecular weight is 319 g/mol. The van der Waals surface area contributed by atoms with E-state index in [1.165, 1.54) is 0 Å². The quantitative estimate of drug-likeness (QED) is 0.777. The van der Waals surface area contributed by atoms with Gasteiger partial charge in [-0.25, -0.2) is 4.98 Å². The molecule has 1 fully saturated rings. The molecule has 2 aromatic carbocycles. The van der Waals surface area contributed by atoms with Crippen molar-refractivity contribution in [3.63, 3.8) is 0 Å². The molecule has 1 aliphatic rings. The van der Waals surface area contributed by atoms with E-state index in [0.29, 0.717) is 0 Å². The Morgan fingerprint density at radius 3 is 2.46 bits per heavy atom. The fourth-order valence-corrected chi connectivity index (χ4v) is 3.59. The van der Waals surface area contributed by atoms with Crippen LogP contribution in [-0.2, 0) is 5.54 Å². The molecule has 0 saturated heterocycles. The molecular weight excluding hydrogens is 298 g/mol. The van der Waals surface area contributed by atoms with E-state index in [-0.39, 0.29) is 11.6 Å². The number of para-hydroxylation sites is 1. The number of rotatable bonds is 3. The molecule has 1 saturated carbocycles. The second-order valence-corrected chi connectivity index (χ2v) is 6.63. The second-order valence-electron chi connectivity index (χ2n) is 6.63. The standard InChI is InChI=1S/C20H21N3O/c1-24-15-8-6-13(7-9-15)19-10-17(20(22)11-14(21)12-20)16-4-2-3-5-18(16)23-19/h2-10,14H,11-12,21-22H2,1H3. The third-order valence-corrected chi connectivity index (χ3v) is 4.89. The first kappa shape index (κ1) is 15.1. The van der Waals surface area contributed by atoms with Crippen molar-refractivity contribution >= 4 is 10.9 Å². The van der Waals surface area contributed by atoms with Gasteiger partial charge < -0.3 is 16.2 Å². The maximum absolute atomic E-state index is 6.65. The van der Waals surface area contributed by atoms with Crippen LogP contribution in [0.15, 0.2) is 54.6 Å². The van der Waals surface area contributed by atoms with Crippen LogP contribution in [0.5, 0.6) is 5.75 Å². The first-order chi connectivity index (χ1) is 11.6. The Bertz CT molecular complexity index is 883. The van der Waals surface area contributed by atoms with Crippen molar-refractivity contribution in [2.45, 2.75) is 24.4 Å². The van der Waals surface area contributed by atoms with Gasteiger partial charge in [-0.15, -0.1) is 0 Å². The summed E-state index contributed by atoms with van der Waals surface area (Å²) in [6, 6.07) is 18.4. The molecule has 1 aromatic heterocycles. The molecule has 0 aliphatic heterocycles. The third kappa shape index (κ3) is 2.44. The Balaban J connectivity index is 1.87. The van der Waals surface area contributed by atoms with Crippen molar-refractivity contribution in [1.82, 2.24) is 4.98 Å². The molecule has 1 aliphatic carbocycles. The molecule has 1 heterocycles. The van der Waals surface area contributed by atoms with Crippen LogP contribution in [0.4, 0.5) is 0 Å². The van der Waals surface area contributed by atoms with Gasteiger partial charge in [0.25, 0.3) is 0 Å². The molecule has 4 N–H and O–H groups in total. The predicted molar refractivity (Wildman–Crippen MR) is 96.8 cm³/mol. The molecule has 4 rings (SSSR count). The van der Waals surface area contributed by atoms with Gasteiger partial charge in [0.05, 0.1) is 18.3 Å². The molecule has 3 aromatic rings. The number of ether oxygens (including phenoxy) is 1. The Kier molecular flexibility index (Phi) is 3.52. The summed E-state index contributed by atoms with van der Waals surface area (Å²) >= 11 is 0. The monoisotopic (exact) mass is 319 g/mol. The molecule has 122 valence electrons. The molecule has 0 radical (unpaired) electrons. The molecule has 0 atom stereocenters. The molecule has 4 nitrogen and oxygen atoms in total. The van der Waals surface area contributed by atoms with Crippen molar-refractivity contribution in [3.8, 4) is 17.0 Å². The largest absolute Gasteiger partial charge is 0.497 e. The number of hydrogen-bond acceptors (Lipinski definition) is 4. The number of nitrogens with zero attached hydrogens (tertiary/aromatic N) is 1. The number of methoxy groups -OCH3 is 1. The van der Waals surface area contributed by atoms with Gasteiger partial charge >= 0.3 is 0 Å². The first-order valence-corrected chi connectivity index (χ1v) is 8.18. The van der Waals surface area contributed by atoms with Crippen LogP contribution in [0.1, 0.15) is 18.4 Å². The highest BCUT2D eigenvalue weighted by Crippen LogP contribution is 2.42. The fraction of sp³-hybridized carbons (Fsp3) is 0.250. The van der Waals surface area contributed by atoms with Crippen molar-refractivity contribution in [2.24, 2.45) is 11.5 Å². The van der Waals surface area contributed by atoms with Crippen LogP contribution >= 0.6 is 0 Å². The van der Waals surface area contributed by atoms with Crippen molar-refractivity contribution in [2.75, 3.05) is 7.11 Å². The van der Waals surface area contributed by atoms with Gasteiger partial charge in [0, 0.05) is 22.5 Å². The van der Waals surface area contributed by atoms with E-state index < -0.39 is 0 Å². The Morgan fingerprint density at radius 1 is 1.08 bits per heavy atom. The lowest BCUT2D eigenvalue weighted by Crippen LogP contribution is -2.55. The number of fused-ring (bicyclic) bond motifs is 1. The molecule has 24 heavy (non-hydrogen) atoms. The minimum absolute atomic E-state index is 0.186. The number of hydrogen-bond donors (Lipinski definition) is 2. The highest BCUT2D eigenvalue weighted by atomic mass is 16.5. The van der Waals surface area contributed by atoms with Gasteiger partial charge in [-0.3, -0.25) is 0 Å². The summed E-state index contributed by atoms with van der Waals surface area (Å²) in [4.78, 5) is 4.82. The number of aromatic nitrogens is 1. The molecule has 0 bridgehead atoms. The Morgan fingerprint density at radius 2 is 1.79 bits per heavy atom. The zero-order valence-electron chi connectivity index (χ0n) is 13.7. The molecular formula is C20H21N3O. The smallest absolute Gasteiger partial charge is 0.118 e. The van der Waals surface area contributed by atoms with Crippen molar-refractivity contribution in [3.05, 3.63) is 60.2 Å². The maximum Gasteiger partial charge on any atom is 0.118 e. The zero-order chi connectivity index (χ0) is 16.7. The molecule has 0 unspecified atom stereocenters. The summed E-state index contributed by atoms with van der Waals surface area (Å²) in [6.07, 6.45) is 1.62. The van der Waals surface area contributed by atoms with Gasteiger partial charge in [0.15, 0.2) is 0 Å². The maximum atomic E-state index is 6.65. The highest BCUT2D eigenvalue weighted by Gasteiger charge is 2.41. The minimum Gasteiger partial charge on any atom is -0.497 e. The van der Waals surface area contributed by atoms with Crippen molar-refractivity contribution in [1.29, 1.82) is 0 Å². The van der Waals surface area contributed by atoms with Gasteiger partial charge in [-0.2, -0.15) is 0 Å². The topological polar surface area (TPSA) is 74.2 Å². The van der Waals surface area contributed by atoms with Gasteiger partial charge in [0.2, 0.25) is 0 Å². The summed E-state index contributed by atoms with van der Waals surface area (Å²) in [5, 5.41) is 1.11. The summed E-state index contributed by atoms with van der Waals surface area (Å²) in [7, 11) is 1.67. The first-order valence-electron chi connectivity index (χ1n) is 8.18. The van der Waals surface area contributed by atoms with Crippen LogP contribution in [-0.4, -0.2) is 18.1 Å². The summed E-state index contributed by atoms with van der Waals surface area (Å²) in [5.74, 6) is 0.833. The van der Waals surface area contributed by atoms with Crippen LogP contribution in [0, 0.1) is 0 Å². The third-order valence-electron chi connectivity index (χ3n) is 4.89. The summed E-state index contributed by atoms with van der Waals surface area (Å²) in [6.45, 7) is 0. The summed E-state index contributed by atoms with van der Waals surface area (Å²) < 4.78 is 5.24. The average Bonchev–Trinajstić information content (AvgIpc) is 2.59. The van der Waals surface area contributed by atoms with E-state index in [1.807, 2.05) is 42.5 Å². The number of benzene rings is 2. The highest BCUT2D eigenvalue weighted by molar-refractivity contribution is 5.86. The lowest BCUT2D eigenvalue weighted by Gasteiger charge is -2.44. The van der Waals surface area contributed by atoms with E-state index >= 15 is 0 Å². The van der Waals surface area contributed by atoms with Crippen LogP contribution in [0.2, 0.25) is 0 Å². The van der Waals surface area contributed by atoms with E-state index in [9.17, 15) is 0 Å². The van der Waals surface area contributed by atoms with Crippen LogP contribution in [0.3, 0.4) is 0 Å². The second kappa shape index (κ2) is 5.58. The van der Waals surface area contributed by atoms with E-state index in [0.717, 1.165) is 46.3 Å². The predicted octanol–water partition coefficient (Wildman–Crippen LogP) is 3.19. The molecule has 0 amide bonds. The lowest BCUT2D eigenvalue weighted by atomic mass is 9.68. The van der Waals surface area contributed by atoms with Crippen molar-refractivity contribution < 1.29 is 4.74 Å². The fourth-order valence-electron chi connectivity index (χ4n) is 3.59. The Labute approximate surface area is 141 Å². The van der Waals surface area contributed by atoms with E-state index in [4.69, 9.17) is 21.2 Å². The van der Waals surface area contributed by atoms with E-state index in [1.54, 1.807) is 7.11 Å². The van der Waals surface area contributed by atoms with Gasteiger partial charge in [-0.1, -0.05) is 18.2 Å². The number of nitrogens with two attached hydrogens (primary N) is 2. The zero-order valence-corrected chi connectivity index (χ0v) is 13.7. The minimum atomic E-state index is -0.358. The van der Waals surface area contributed by atoms with Gasteiger partial charge in [0.1, 0.15) is 5.75 Å². The number of pyridine rings is 1. The van der Waals surface area contributed by atoms with Crippen LogP contribution < -0.4 is 16.2 Å². The van der Waals surface area contributed by atoms with Crippen LogP contribution in [0.25, 0.3) is 22.2 Å². The molecule has 0 spiro atoms. The SMILES string of the molecule is COc1ccc(-c2cc(C3(N)CC(N)C3)c3ccccc3n2)cc1. The lowest BCUT2D eigenvalue weighted by molar-refractivity contribution is 0.213. The van der Waals surface area contributed by atoms with Gasteiger partial charge in [-0.05, 0) is 54.8 Å².